The lowest BCUT2D eigenvalue weighted by molar-refractivity contribution is -0.314. The number of nitrogens with zero attached hydrogens (tertiary/aromatic N) is 2. The third-order valence-corrected chi connectivity index (χ3v) is 7.80. The van der Waals surface area contributed by atoms with Gasteiger partial charge < -0.3 is 20.9 Å². The number of rotatable bonds is 6. The van der Waals surface area contributed by atoms with Gasteiger partial charge in [0.25, 0.3) is 0 Å². The molecule has 0 bridgehead atoms. The van der Waals surface area contributed by atoms with Crippen LogP contribution in [0.25, 0.3) is 0 Å². The van der Waals surface area contributed by atoms with E-state index in [1.165, 1.54) is 26.1 Å². The Kier molecular flexibility index (Phi) is 8.05. The van der Waals surface area contributed by atoms with Crippen molar-refractivity contribution in [3.05, 3.63) is 0 Å². The Balaban J connectivity index is 2.00. The number of fused-ring (bicyclic) bond motifs is 1. The summed E-state index contributed by atoms with van der Waals surface area (Å²) >= 11 is 0. The molecule has 6 atom stereocenters. The average molecular weight is 607 g/mol. The molecular weight excluding hydrogens is 581 g/mol. The minimum atomic E-state index is -5.92. The van der Waals surface area contributed by atoms with Gasteiger partial charge in [-0.05, 0) is 18.3 Å². The van der Waals surface area contributed by atoms with E-state index in [1.54, 1.807) is 6.07 Å². The number of nitrogens with one attached hydrogen (secondary N) is 3. The summed E-state index contributed by atoms with van der Waals surface area (Å²) < 4.78 is 122. The molecule has 1 aliphatic carbocycles. The van der Waals surface area contributed by atoms with Crippen molar-refractivity contribution in [2.45, 2.75) is 70.3 Å². The number of hydrogen-bond donors (Lipinski definition) is 3. The fourth-order valence-electron chi connectivity index (χ4n) is 5.81. The van der Waals surface area contributed by atoms with Crippen LogP contribution in [0.4, 0.5) is 39.5 Å². The van der Waals surface area contributed by atoms with Crippen molar-refractivity contribution < 1.29 is 58.7 Å². The Bertz CT molecular complexity index is 1120. The Morgan fingerprint density at radius 3 is 2.02 bits per heavy atom. The Morgan fingerprint density at radius 1 is 1.05 bits per heavy atom. The lowest BCUT2D eigenvalue weighted by Gasteiger charge is -2.39. The van der Waals surface area contributed by atoms with E-state index in [0.717, 1.165) is 0 Å². The first kappa shape index (κ1) is 32.3. The maximum atomic E-state index is 13.9. The van der Waals surface area contributed by atoms with E-state index in [2.05, 4.69) is 5.32 Å². The van der Waals surface area contributed by atoms with Crippen molar-refractivity contribution >= 4 is 23.6 Å². The molecule has 230 valence electrons. The molecule has 3 N–H and O–H groups in total. The van der Waals surface area contributed by atoms with Gasteiger partial charge in [0, 0.05) is 30.8 Å². The van der Waals surface area contributed by atoms with Gasteiger partial charge in [-0.25, -0.2) is 0 Å². The van der Waals surface area contributed by atoms with Crippen molar-refractivity contribution in [2.75, 3.05) is 13.1 Å². The Labute approximate surface area is 227 Å². The third kappa shape index (κ3) is 5.63. The van der Waals surface area contributed by atoms with Crippen molar-refractivity contribution in [3.8, 4) is 6.07 Å². The highest BCUT2D eigenvalue weighted by molar-refractivity contribution is 5.95. The number of hydrogen-bond acceptors (Lipinski definition) is 5. The lowest BCUT2D eigenvalue weighted by Crippen LogP contribution is -2.62. The molecule has 0 aromatic rings. The highest BCUT2D eigenvalue weighted by Gasteiger charge is 2.93. The summed E-state index contributed by atoms with van der Waals surface area (Å²) in [6.45, 7) is 2.49. The van der Waals surface area contributed by atoms with Gasteiger partial charge in [-0.3, -0.25) is 19.2 Å². The van der Waals surface area contributed by atoms with Crippen LogP contribution in [0.2, 0.25) is 0 Å². The lowest BCUT2D eigenvalue weighted by atomic mass is 9.84. The first-order valence-corrected chi connectivity index (χ1v) is 12.3. The average Bonchev–Trinajstić information content (AvgIpc) is 3.07. The molecule has 9 nitrogen and oxygen atoms in total. The molecule has 0 aromatic carbocycles. The van der Waals surface area contributed by atoms with E-state index in [4.69, 9.17) is 0 Å². The van der Waals surface area contributed by atoms with E-state index in [9.17, 15) is 64.0 Å². The summed E-state index contributed by atoms with van der Waals surface area (Å²) in [7, 11) is 0. The second kappa shape index (κ2) is 10.2. The SMILES string of the molecule is CC(C)(C)[C@H](NC(=O)C(F)(F)F)C(=O)N1C[C@H]2[C@@H]([C@H]1C(=O)N[C@H](C#N)C[C@@H]1CCNC1=O)C2(C(F)(F)F)C(F)(F)F. The van der Waals surface area contributed by atoms with E-state index < -0.39 is 95.4 Å². The highest BCUT2D eigenvalue weighted by atomic mass is 19.4. The molecule has 3 fully saturated rings. The quantitative estimate of drug-likeness (QED) is 0.399. The third-order valence-electron chi connectivity index (χ3n) is 7.80. The summed E-state index contributed by atoms with van der Waals surface area (Å²) in [5.41, 5.74) is -5.93. The fourth-order valence-corrected chi connectivity index (χ4v) is 5.81. The monoisotopic (exact) mass is 607 g/mol. The first-order valence-electron chi connectivity index (χ1n) is 12.3. The molecule has 1 saturated carbocycles. The number of piperidine rings is 1. The van der Waals surface area contributed by atoms with Crippen molar-refractivity contribution in [2.24, 2.45) is 28.6 Å². The molecule has 2 heterocycles. The molecule has 0 spiro atoms. The summed E-state index contributed by atoms with van der Waals surface area (Å²) in [5, 5.41) is 15.3. The van der Waals surface area contributed by atoms with Gasteiger partial charge in [0.15, 0.2) is 5.41 Å². The summed E-state index contributed by atoms with van der Waals surface area (Å²) in [5.74, 6) is -11.9. The largest absolute Gasteiger partial charge is 0.471 e. The maximum Gasteiger partial charge on any atom is 0.471 e. The van der Waals surface area contributed by atoms with Gasteiger partial charge in [0.1, 0.15) is 18.1 Å². The van der Waals surface area contributed by atoms with Gasteiger partial charge in [-0.15, -0.1) is 0 Å². The number of nitriles is 1. The molecule has 3 aliphatic rings. The van der Waals surface area contributed by atoms with E-state index in [0.29, 0.717) is 4.90 Å². The molecule has 0 radical (unpaired) electrons. The molecule has 0 unspecified atom stereocenters. The van der Waals surface area contributed by atoms with Crippen molar-refractivity contribution in [1.82, 2.24) is 20.9 Å². The number of carbonyl (C=O) groups excluding carboxylic acids is 4. The molecular formula is C23H26F9N5O4. The number of amides is 4. The van der Waals surface area contributed by atoms with Crippen LogP contribution in [0.1, 0.15) is 33.6 Å². The topological polar surface area (TPSA) is 131 Å². The smallest absolute Gasteiger partial charge is 0.356 e. The number of likely N-dealkylation sites (tertiary alicyclic amines) is 1. The van der Waals surface area contributed by atoms with E-state index in [-0.39, 0.29) is 19.4 Å². The second-order valence-electron chi connectivity index (χ2n) is 11.4. The predicted octanol–water partition coefficient (Wildman–Crippen LogP) is 2.18. The van der Waals surface area contributed by atoms with Gasteiger partial charge in [-0.2, -0.15) is 44.8 Å². The van der Waals surface area contributed by atoms with Crippen LogP contribution in [0.15, 0.2) is 0 Å². The van der Waals surface area contributed by atoms with Crippen LogP contribution in [-0.2, 0) is 19.2 Å². The van der Waals surface area contributed by atoms with Gasteiger partial charge in [-0.1, -0.05) is 20.8 Å². The molecule has 0 aromatic heterocycles. The zero-order valence-electron chi connectivity index (χ0n) is 21.7. The molecule has 3 rings (SSSR count). The van der Waals surface area contributed by atoms with Gasteiger partial charge in [0.2, 0.25) is 17.7 Å². The van der Waals surface area contributed by atoms with Crippen LogP contribution < -0.4 is 16.0 Å². The minimum absolute atomic E-state index is 0.238. The van der Waals surface area contributed by atoms with Crippen LogP contribution in [0, 0.1) is 39.9 Å². The zero-order chi connectivity index (χ0) is 31.5. The van der Waals surface area contributed by atoms with Crippen LogP contribution in [0.3, 0.4) is 0 Å². The Morgan fingerprint density at radius 2 is 1.61 bits per heavy atom. The van der Waals surface area contributed by atoms with E-state index >= 15 is 0 Å². The normalized spacial score (nSPS) is 27.3. The molecule has 4 amide bonds. The fraction of sp³-hybridized carbons (Fsp3) is 0.783. The zero-order valence-corrected chi connectivity index (χ0v) is 21.7. The molecule has 2 aliphatic heterocycles. The summed E-state index contributed by atoms with van der Waals surface area (Å²) in [6, 6.07) is -4.56. The number of alkyl halides is 9. The predicted molar refractivity (Wildman–Crippen MR) is 118 cm³/mol. The van der Waals surface area contributed by atoms with E-state index in [1.807, 2.05) is 5.32 Å². The van der Waals surface area contributed by atoms with Crippen molar-refractivity contribution in [1.29, 1.82) is 5.26 Å². The van der Waals surface area contributed by atoms with Gasteiger partial charge >= 0.3 is 24.4 Å². The number of halogens is 9. The second-order valence-corrected chi connectivity index (χ2v) is 11.4. The minimum Gasteiger partial charge on any atom is -0.356 e. The summed E-state index contributed by atoms with van der Waals surface area (Å²) in [4.78, 5) is 50.4. The van der Waals surface area contributed by atoms with Crippen LogP contribution in [-0.4, -0.2) is 78.3 Å². The highest BCUT2D eigenvalue weighted by Crippen LogP contribution is 2.77. The molecule has 41 heavy (non-hydrogen) atoms. The Hall–Kier alpha value is -3.26. The standard InChI is InChI=1S/C23H26F9N5O4/c1-19(2,3)14(36-18(41)21(24,25)26)17(40)37-8-11-12(20(11,22(27,28)29)23(30,31)32)13(37)16(39)35-10(7-33)6-9-4-5-34-15(9)38/h9-14H,4-6,8H2,1-3H3,(H,34,38)(H,35,39)(H,36,41)/t9-,10-,11-,12-,13-,14+/m0/s1. The summed E-state index contributed by atoms with van der Waals surface area (Å²) in [6.07, 6.45) is -17.4. The maximum absolute atomic E-state index is 13.9. The molecule has 2 saturated heterocycles. The first-order chi connectivity index (χ1) is 18.5. The molecule has 18 heteroatoms. The van der Waals surface area contributed by atoms with Crippen molar-refractivity contribution in [3.63, 3.8) is 0 Å². The van der Waals surface area contributed by atoms with Gasteiger partial charge in [0.05, 0.1) is 6.07 Å². The van der Waals surface area contributed by atoms with Crippen LogP contribution in [0.5, 0.6) is 0 Å². The number of carbonyl (C=O) groups is 4. The van der Waals surface area contributed by atoms with Crippen LogP contribution >= 0.6 is 0 Å².